The maximum absolute atomic E-state index is 13.7. The van der Waals surface area contributed by atoms with Gasteiger partial charge in [0.05, 0.1) is 0 Å². The van der Waals surface area contributed by atoms with Crippen LogP contribution in [0.25, 0.3) is 0 Å². The first-order chi connectivity index (χ1) is 7.09. The lowest BCUT2D eigenvalue weighted by Crippen LogP contribution is -2.17. The van der Waals surface area contributed by atoms with Crippen molar-refractivity contribution in [2.24, 2.45) is 5.92 Å². The summed E-state index contributed by atoms with van der Waals surface area (Å²) in [5, 5.41) is 2.75. The molecular formula is C12H14FNO. The predicted molar refractivity (Wildman–Crippen MR) is 56.1 cm³/mol. The van der Waals surface area contributed by atoms with Gasteiger partial charge in [0.1, 0.15) is 5.82 Å². The van der Waals surface area contributed by atoms with Crippen LogP contribution in [0.4, 0.5) is 4.39 Å². The molecule has 1 N–H and O–H groups in total. The van der Waals surface area contributed by atoms with Gasteiger partial charge in [-0.3, -0.25) is 4.79 Å². The Hall–Kier alpha value is -1.38. The summed E-state index contributed by atoms with van der Waals surface area (Å²) in [6.45, 7) is 4.24. The Labute approximate surface area is 88.5 Å². The molecule has 0 radical (unpaired) electrons. The van der Waals surface area contributed by atoms with Gasteiger partial charge in [0.2, 0.25) is 5.91 Å². The quantitative estimate of drug-likeness (QED) is 0.749. The minimum atomic E-state index is -0.205. The Morgan fingerprint density at radius 3 is 2.73 bits per heavy atom. The van der Waals surface area contributed by atoms with Crippen molar-refractivity contribution in [3.8, 4) is 0 Å². The molecule has 1 aromatic rings. The Morgan fingerprint density at radius 2 is 2.20 bits per heavy atom. The van der Waals surface area contributed by atoms with E-state index in [1.54, 1.807) is 6.07 Å². The van der Waals surface area contributed by atoms with Crippen LogP contribution in [0.15, 0.2) is 18.2 Å². The standard InChI is InChI=1S/C12H14FNO/c1-7-3-4-9(11(13)5-7)10-6-14-12(15)8(10)2/h3-5,8,10H,6H2,1-2H3,(H,14,15)/t8-,10+/m0/s1. The van der Waals surface area contributed by atoms with Gasteiger partial charge in [-0.2, -0.15) is 0 Å². The van der Waals surface area contributed by atoms with Crippen molar-refractivity contribution in [3.63, 3.8) is 0 Å². The molecule has 0 spiro atoms. The van der Waals surface area contributed by atoms with Crippen LogP contribution < -0.4 is 5.32 Å². The van der Waals surface area contributed by atoms with Crippen LogP contribution in [0.1, 0.15) is 24.0 Å². The molecule has 0 aromatic heterocycles. The minimum Gasteiger partial charge on any atom is -0.355 e. The van der Waals surface area contributed by atoms with Gasteiger partial charge in [0.15, 0.2) is 0 Å². The fraction of sp³-hybridized carbons (Fsp3) is 0.417. The van der Waals surface area contributed by atoms with Crippen LogP contribution >= 0.6 is 0 Å². The van der Waals surface area contributed by atoms with Crippen LogP contribution in [0, 0.1) is 18.7 Å². The summed E-state index contributed by atoms with van der Waals surface area (Å²) in [5.41, 5.74) is 1.55. The van der Waals surface area contributed by atoms with Crippen molar-refractivity contribution in [1.82, 2.24) is 5.32 Å². The van der Waals surface area contributed by atoms with Crippen molar-refractivity contribution in [2.75, 3.05) is 6.54 Å². The Bertz CT molecular complexity index is 403. The van der Waals surface area contributed by atoms with Gasteiger partial charge in [-0.15, -0.1) is 0 Å². The largest absolute Gasteiger partial charge is 0.355 e. The van der Waals surface area contributed by atoms with E-state index in [1.165, 1.54) is 6.07 Å². The van der Waals surface area contributed by atoms with Crippen LogP contribution in [0.2, 0.25) is 0 Å². The lowest BCUT2D eigenvalue weighted by molar-refractivity contribution is -0.122. The molecule has 0 aliphatic carbocycles. The third-order valence-corrected chi connectivity index (χ3v) is 3.07. The zero-order valence-electron chi connectivity index (χ0n) is 8.88. The molecule has 1 fully saturated rings. The second kappa shape index (κ2) is 3.65. The number of hydrogen-bond donors (Lipinski definition) is 1. The van der Waals surface area contributed by atoms with Crippen molar-refractivity contribution in [2.45, 2.75) is 19.8 Å². The SMILES string of the molecule is Cc1ccc([C@@H]2CNC(=O)[C@H]2C)c(F)c1. The topological polar surface area (TPSA) is 29.1 Å². The molecule has 80 valence electrons. The highest BCUT2D eigenvalue weighted by molar-refractivity contribution is 5.82. The van der Waals surface area contributed by atoms with Gasteiger partial charge in [-0.05, 0) is 24.1 Å². The highest BCUT2D eigenvalue weighted by Crippen LogP contribution is 2.30. The minimum absolute atomic E-state index is 0.0139. The molecule has 2 nitrogen and oxygen atoms in total. The van der Waals surface area contributed by atoms with Crippen molar-refractivity contribution >= 4 is 5.91 Å². The van der Waals surface area contributed by atoms with Crippen LogP contribution in [0.5, 0.6) is 0 Å². The van der Waals surface area contributed by atoms with E-state index >= 15 is 0 Å². The van der Waals surface area contributed by atoms with Gasteiger partial charge >= 0.3 is 0 Å². The zero-order valence-corrected chi connectivity index (χ0v) is 8.88. The number of carbonyl (C=O) groups excluding carboxylic acids is 1. The van der Waals surface area contributed by atoms with E-state index < -0.39 is 0 Å². The van der Waals surface area contributed by atoms with Gasteiger partial charge < -0.3 is 5.32 Å². The first-order valence-electron chi connectivity index (χ1n) is 5.13. The highest BCUT2D eigenvalue weighted by atomic mass is 19.1. The fourth-order valence-electron chi connectivity index (χ4n) is 2.04. The van der Waals surface area contributed by atoms with E-state index in [9.17, 15) is 9.18 Å². The summed E-state index contributed by atoms with van der Waals surface area (Å²) in [6.07, 6.45) is 0. The average molecular weight is 207 g/mol. The summed E-state index contributed by atoms with van der Waals surface area (Å²) in [5.74, 6) is -0.358. The summed E-state index contributed by atoms with van der Waals surface area (Å²) in [7, 11) is 0. The number of hydrogen-bond acceptors (Lipinski definition) is 1. The summed E-state index contributed by atoms with van der Waals surface area (Å²) < 4.78 is 13.7. The summed E-state index contributed by atoms with van der Waals surface area (Å²) >= 11 is 0. The molecule has 0 saturated carbocycles. The first kappa shape index (κ1) is 10.1. The number of amides is 1. The molecule has 2 rings (SSSR count). The fourth-order valence-corrected chi connectivity index (χ4v) is 2.04. The van der Waals surface area contributed by atoms with Crippen LogP contribution in [-0.2, 0) is 4.79 Å². The highest BCUT2D eigenvalue weighted by Gasteiger charge is 2.33. The van der Waals surface area contributed by atoms with Gasteiger partial charge in [-0.1, -0.05) is 19.1 Å². The van der Waals surface area contributed by atoms with Crippen molar-refractivity contribution in [1.29, 1.82) is 0 Å². The number of nitrogens with one attached hydrogen (secondary N) is 1. The number of benzene rings is 1. The lowest BCUT2D eigenvalue weighted by Gasteiger charge is -2.14. The number of halogens is 1. The molecule has 3 heteroatoms. The maximum atomic E-state index is 13.7. The van der Waals surface area contributed by atoms with E-state index in [0.29, 0.717) is 12.1 Å². The zero-order chi connectivity index (χ0) is 11.0. The predicted octanol–water partition coefficient (Wildman–Crippen LogP) is 1.98. The molecule has 15 heavy (non-hydrogen) atoms. The van der Waals surface area contributed by atoms with Gasteiger partial charge in [0.25, 0.3) is 0 Å². The van der Waals surface area contributed by atoms with Crippen molar-refractivity contribution < 1.29 is 9.18 Å². The normalized spacial score (nSPS) is 25.4. The molecule has 0 bridgehead atoms. The number of aryl methyl sites for hydroxylation is 1. The number of rotatable bonds is 1. The molecule has 1 aromatic carbocycles. The lowest BCUT2D eigenvalue weighted by atomic mass is 9.89. The monoisotopic (exact) mass is 207 g/mol. The molecule has 1 heterocycles. The van der Waals surface area contributed by atoms with Crippen molar-refractivity contribution in [3.05, 3.63) is 35.1 Å². The van der Waals surface area contributed by atoms with Gasteiger partial charge in [-0.25, -0.2) is 4.39 Å². The van der Waals surface area contributed by atoms with E-state index in [0.717, 1.165) is 5.56 Å². The van der Waals surface area contributed by atoms with E-state index in [-0.39, 0.29) is 23.6 Å². The molecule has 1 aliphatic heterocycles. The Kier molecular flexibility index (Phi) is 2.47. The second-order valence-corrected chi connectivity index (χ2v) is 4.17. The van der Waals surface area contributed by atoms with Crippen LogP contribution in [0.3, 0.4) is 0 Å². The summed E-state index contributed by atoms with van der Waals surface area (Å²) in [4.78, 5) is 11.3. The third-order valence-electron chi connectivity index (χ3n) is 3.07. The van der Waals surface area contributed by atoms with Crippen LogP contribution in [-0.4, -0.2) is 12.5 Å². The molecule has 1 saturated heterocycles. The average Bonchev–Trinajstić information content (AvgIpc) is 2.49. The number of carbonyl (C=O) groups is 1. The van der Waals surface area contributed by atoms with E-state index in [2.05, 4.69) is 5.32 Å². The third kappa shape index (κ3) is 1.74. The first-order valence-corrected chi connectivity index (χ1v) is 5.13. The second-order valence-electron chi connectivity index (χ2n) is 4.17. The smallest absolute Gasteiger partial charge is 0.223 e. The molecule has 1 aliphatic rings. The Morgan fingerprint density at radius 1 is 1.47 bits per heavy atom. The molecule has 2 atom stereocenters. The summed E-state index contributed by atoms with van der Waals surface area (Å²) in [6, 6.07) is 5.19. The maximum Gasteiger partial charge on any atom is 0.223 e. The molecule has 1 amide bonds. The molecule has 0 unspecified atom stereocenters. The van der Waals surface area contributed by atoms with E-state index in [4.69, 9.17) is 0 Å². The molecular weight excluding hydrogens is 193 g/mol. The van der Waals surface area contributed by atoms with E-state index in [1.807, 2.05) is 19.9 Å². The Balaban J connectivity index is 2.34. The van der Waals surface area contributed by atoms with Gasteiger partial charge in [0, 0.05) is 18.4 Å².